The Labute approximate surface area is 107 Å². The van der Waals surface area contributed by atoms with Crippen molar-refractivity contribution in [3.05, 3.63) is 53.7 Å². The zero-order valence-electron chi connectivity index (χ0n) is 8.03. The predicted octanol–water partition coefficient (Wildman–Crippen LogP) is 4.40. The first-order valence-electron chi connectivity index (χ1n) is 4.71. The fraction of sp³-hybridized carbons (Fsp3) is 0. The van der Waals surface area contributed by atoms with Crippen molar-refractivity contribution in [2.75, 3.05) is 0 Å². The minimum atomic E-state index is -0.976. The number of hydrogen-bond acceptors (Lipinski definition) is 0. The molecule has 0 N–H and O–H groups in total. The Morgan fingerprint density at radius 3 is 2.47 bits per heavy atom. The molecule has 0 saturated carbocycles. The number of halogens is 2. The third-order valence-electron chi connectivity index (χ3n) is 2.24. The summed E-state index contributed by atoms with van der Waals surface area (Å²) >= 11 is 7.13. The molecule has 2 aromatic rings. The summed E-state index contributed by atoms with van der Waals surface area (Å²) in [5, 5.41) is 2.60. The highest BCUT2D eigenvalue weighted by Crippen LogP contribution is 2.20. The number of rotatable bonds is 2. The quantitative estimate of drug-likeness (QED) is 0.561. The zero-order chi connectivity index (χ0) is 10.7. The maximum Gasteiger partial charge on any atom is 0.209 e. The molecule has 0 heterocycles. The summed E-state index contributed by atoms with van der Waals surface area (Å²) < 4.78 is 0. The molecule has 0 saturated heterocycles. The van der Waals surface area contributed by atoms with Gasteiger partial charge < -0.3 is 0 Å². The molecule has 0 amide bonds. The van der Waals surface area contributed by atoms with E-state index in [4.69, 9.17) is 0 Å². The van der Waals surface area contributed by atoms with Gasteiger partial charge >= 0.3 is 0 Å². The Morgan fingerprint density at radius 2 is 1.67 bits per heavy atom. The van der Waals surface area contributed by atoms with Crippen molar-refractivity contribution in [2.24, 2.45) is 0 Å². The molecule has 0 aromatic heterocycles. The van der Waals surface area contributed by atoms with Gasteiger partial charge in [-0.25, -0.2) is 0 Å². The SMILES string of the molecule is Br[SiH](Br)C=Cc1cccc2ccccc12. The summed E-state index contributed by atoms with van der Waals surface area (Å²) in [5.74, 6) is 0. The van der Waals surface area contributed by atoms with Gasteiger partial charge in [-0.1, -0.05) is 54.2 Å². The molecule has 0 aliphatic heterocycles. The van der Waals surface area contributed by atoms with E-state index in [1.807, 2.05) is 0 Å². The second-order valence-corrected chi connectivity index (χ2v) is 13.9. The lowest BCUT2D eigenvalue weighted by Crippen LogP contribution is -1.83. The van der Waals surface area contributed by atoms with Crippen LogP contribution in [0.1, 0.15) is 5.56 Å². The number of hydrogen-bond donors (Lipinski definition) is 0. The van der Waals surface area contributed by atoms with E-state index in [9.17, 15) is 0 Å². The van der Waals surface area contributed by atoms with Crippen LogP contribution in [-0.4, -0.2) is 6.04 Å². The minimum absolute atomic E-state index is 0.976. The van der Waals surface area contributed by atoms with E-state index in [1.54, 1.807) is 0 Å². The third-order valence-corrected chi connectivity index (χ3v) is 4.56. The summed E-state index contributed by atoms with van der Waals surface area (Å²) in [7, 11) is 0. The van der Waals surface area contributed by atoms with E-state index in [0.29, 0.717) is 0 Å². The molecule has 2 aromatic carbocycles. The molecule has 0 fully saturated rings. The zero-order valence-corrected chi connectivity index (χ0v) is 12.4. The maximum absolute atomic E-state index is 3.56. The van der Waals surface area contributed by atoms with Gasteiger partial charge in [-0.05, 0) is 16.3 Å². The van der Waals surface area contributed by atoms with Gasteiger partial charge in [-0.15, -0.1) is 30.6 Å². The van der Waals surface area contributed by atoms with Crippen molar-refractivity contribution in [3.63, 3.8) is 0 Å². The Balaban J connectivity index is 2.51. The standard InChI is InChI=1S/C12H10Br2Si/c13-15(14)9-8-11-6-3-5-10-4-1-2-7-12(10)11/h1-9,15H. The van der Waals surface area contributed by atoms with Gasteiger partial charge in [0.1, 0.15) is 0 Å². The summed E-state index contributed by atoms with van der Waals surface area (Å²) in [5.41, 5.74) is 3.49. The maximum atomic E-state index is 3.56. The lowest BCUT2D eigenvalue weighted by molar-refractivity contribution is 1.71. The summed E-state index contributed by atoms with van der Waals surface area (Å²) in [4.78, 5) is 0. The average Bonchev–Trinajstić information content (AvgIpc) is 2.26. The van der Waals surface area contributed by atoms with E-state index in [2.05, 4.69) is 84.8 Å². The highest BCUT2D eigenvalue weighted by atomic mass is 79.9. The van der Waals surface area contributed by atoms with Crippen LogP contribution in [0.3, 0.4) is 0 Å². The van der Waals surface area contributed by atoms with Gasteiger partial charge in [0.05, 0.1) is 0 Å². The van der Waals surface area contributed by atoms with Crippen LogP contribution in [0.5, 0.6) is 0 Å². The Bertz CT molecular complexity index is 486. The Morgan fingerprint density at radius 1 is 0.933 bits per heavy atom. The smallest absolute Gasteiger partial charge is 0.110 e. The van der Waals surface area contributed by atoms with Gasteiger partial charge in [0, 0.05) is 0 Å². The molecule has 0 aliphatic rings. The topological polar surface area (TPSA) is 0 Å². The number of fused-ring (bicyclic) bond motifs is 1. The van der Waals surface area contributed by atoms with Crippen molar-refractivity contribution in [1.82, 2.24) is 0 Å². The van der Waals surface area contributed by atoms with Crippen LogP contribution >= 0.6 is 30.6 Å². The summed E-state index contributed by atoms with van der Waals surface area (Å²) in [6, 6.07) is 13.9. The first kappa shape index (κ1) is 11.1. The first-order chi connectivity index (χ1) is 7.27. The predicted molar refractivity (Wildman–Crippen MR) is 78.0 cm³/mol. The lowest BCUT2D eigenvalue weighted by Gasteiger charge is -2.01. The molecule has 0 aliphatic carbocycles. The van der Waals surface area contributed by atoms with Crippen molar-refractivity contribution in [1.29, 1.82) is 0 Å². The van der Waals surface area contributed by atoms with Gasteiger partial charge in [0.25, 0.3) is 0 Å². The fourth-order valence-electron chi connectivity index (χ4n) is 1.57. The summed E-state index contributed by atoms with van der Waals surface area (Å²) in [6.45, 7) is 0. The third kappa shape index (κ3) is 2.80. The van der Waals surface area contributed by atoms with Gasteiger partial charge in [-0.2, -0.15) is 0 Å². The normalized spacial score (nSPS) is 11.7. The van der Waals surface area contributed by atoms with E-state index < -0.39 is 6.04 Å². The fourth-order valence-corrected chi connectivity index (χ4v) is 2.84. The Kier molecular flexibility index (Phi) is 3.78. The van der Waals surface area contributed by atoms with Crippen LogP contribution in [0.25, 0.3) is 16.8 Å². The molecule has 76 valence electrons. The van der Waals surface area contributed by atoms with Crippen molar-refractivity contribution < 1.29 is 0 Å². The average molecular weight is 342 g/mol. The molecule has 0 bridgehead atoms. The molecule has 0 radical (unpaired) electrons. The minimum Gasteiger partial charge on any atom is -0.110 e. The Hall–Kier alpha value is -0.383. The van der Waals surface area contributed by atoms with Gasteiger partial charge in [0.2, 0.25) is 6.04 Å². The molecule has 0 nitrogen and oxygen atoms in total. The number of benzene rings is 2. The van der Waals surface area contributed by atoms with E-state index in [1.165, 1.54) is 16.3 Å². The second kappa shape index (κ2) is 5.10. The van der Waals surface area contributed by atoms with Crippen LogP contribution < -0.4 is 0 Å². The molecule has 2 rings (SSSR count). The van der Waals surface area contributed by atoms with Crippen LogP contribution in [0, 0.1) is 0 Å². The molecule has 3 heteroatoms. The van der Waals surface area contributed by atoms with Gasteiger partial charge in [0.15, 0.2) is 0 Å². The van der Waals surface area contributed by atoms with Crippen LogP contribution in [0.15, 0.2) is 48.2 Å². The van der Waals surface area contributed by atoms with Crippen molar-refractivity contribution in [2.45, 2.75) is 0 Å². The lowest BCUT2D eigenvalue weighted by atomic mass is 10.1. The molecule has 0 spiro atoms. The van der Waals surface area contributed by atoms with Crippen LogP contribution in [-0.2, 0) is 0 Å². The summed E-state index contributed by atoms with van der Waals surface area (Å²) in [6.07, 6.45) is 2.18. The monoisotopic (exact) mass is 340 g/mol. The molecular formula is C12H10Br2Si. The first-order valence-corrected chi connectivity index (χ1v) is 11.7. The highest BCUT2D eigenvalue weighted by molar-refractivity contribution is 9.49. The van der Waals surface area contributed by atoms with Gasteiger partial charge in [-0.3, -0.25) is 0 Å². The van der Waals surface area contributed by atoms with E-state index in [0.717, 1.165) is 0 Å². The molecule has 15 heavy (non-hydrogen) atoms. The largest absolute Gasteiger partial charge is 0.209 e. The van der Waals surface area contributed by atoms with Crippen LogP contribution in [0.2, 0.25) is 0 Å². The van der Waals surface area contributed by atoms with Crippen molar-refractivity contribution >= 4 is 53.5 Å². The van der Waals surface area contributed by atoms with E-state index in [-0.39, 0.29) is 0 Å². The highest BCUT2D eigenvalue weighted by Gasteiger charge is 1.97. The second-order valence-electron chi connectivity index (χ2n) is 3.26. The van der Waals surface area contributed by atoms with Crippen molar-refractivity contribution in [3.8, 4) is 0 Å². The molecule has 0 unspecified atom stereocenters. The molecule has 0 atom stereocenters. The molecular weight excluding hydrogens is 332 g/mol. The van der Waals surface area contributed by atoms with E-state index >= 15 is 0 Å². The van der Waals surface area contributed by atoms with Crippen LogP contribution in [0.4, 0.5) is 0 Å².